The Morgan fingerprint density at radius 1 is 1.14 bits per heavy atom. The average Bonchev–Trinajstić information content (AvgIpc) is 2.90. The lowest BCUT2D eigenvalue weighted by molar-refractivity contribution is 0.627. The van der Waals surface area contributed by atoms with Crippen LogP contribution in [0.5, 0.6) is 0 Å². The summed E-state index contributed by atoms with van der Waals surface area (Å²) in [7, 11) is 0. The number of hydrogen-bond acceptors (Lipinski definition) is 3. The van der Waals surface area contributed by atoms with E-state index in [2.05, 4.69) is 44.5 Å². The smallest absolute Gasteiger partial charge is 0.126 e. The molecule has 0 amide bonds. The normalized spacial score (nSPS) is 10.7. The predicted molar refractivity (Wildman–Crippen MR) is 92.0 cm³/mol. The van der Waals surface area contributed by atoms with Crippen LogP contribution in [-0.2, 0) is 0 Å². The van der Waals surface area contributed by atoms with E-state index in [-0.39, 0.29) is 5.82 Å². The van der Waals surface area contributed by atoms with Gasteiger partial charge in [-0.1, -0.05) is 6.58 Å². The molecule has 0 aliphatic carbocycles. The van der Waals surface area contributed by atoms with Crippen LogP contribution in [0.1, 0.15) is 12.6 Å². The van der Waals surface area contributed by atoms with Gasteiger partial charge in [0.05, 0.1) is 15.0 Å². The van der Waals surface area contributed by atoms with E-state index in [1.165, 1.54) is 12.1 Å². The first-order chi connectivity index (χ1) is 10.5. The van der Waals surface area contributed by atoms with E-state index < -0.39 is 0 Å². The fraction of sp³-hybridized carbons (Fsp3) is 0.0625. The first-order valence-electron chi connectivity index (χ1n) is 6.55. The van der Waals surface area contributed by atoms with Crippen LogP contribution in [0.4, 0.5) is 4.39 Å². The van der Waals surface area contributed by atoms with Crippen molar-refractivity contribution < 1.29 is 4.39 Å². The monoisotopic (exact) mass is 406 g/mol. The van der Waals surface area contributed by atoms with Crippen molar-refractivity contribution in [2.45, 2.75) is 6.92 Å². The number of rotatable bonds is 3. The highest BCUT2D eigenvalue weighted by Crippen LogP contribution is 2.23. The van der Waals surface area contributed by atoms with Crippen molar-refractivity contribution in [3.63, 3.8) is 0 Å². The zero-order valence-corrected chi connectivity index (χ0v) is 14.0. The summed E-state index contributed by atoms with van der Waals surface area (Å²) in [6, 6.07) is 9.92. The molecule has 2 heterocycles. The second-order valence-electron chi connectivity index (χ2n) is 4.83. The molecule has 0 saturated heterocycles. The first-order valence-corrected chi connectivity index (χ1v) is 7.63. The molecule has 0 spiro atoms. The lowest BCUT2D eigenvalue weighted by atomic mass is 10.2. The maximum atomic E-state index is 13.0. The highest BCUT2D eigenvalue weighted by Gasteiger charge is 2.12. The Balaban J connectivity index is 1.98. The molecule has 0 aliphatic rings. The molecule has 22 heavy (non-hydrogen) atoms. The van der Waals surface area contributed by atoms with E-state index in [1.807, 2.05) is 25.3 Å². The van der Waals surface area contributed by atoms with Gasteiger partial charge >= 0.3 is 0 Å². The molecule has 1 aromatic carbocycles. The molecule has 0 aliphatic heterocycles. The first kappa shape index (κ1) is 14.8. The van der Waals surface area contributed by atoms with E-state index >= 15 is 0 Å². The summed E-state index contributed by atoms with van der Waals surface area (Å²) < 4.78 is 15.6. The minimum absolute atomic E-state index is 0.271. The molecular weight excluding hydrogens is 394 g/mol. The molecule has 6 heteroatoms. The van der Waals surface area contributed by atoms with Crippen LogP contribution >= 0.6 is 22.6 Å². The molecule has 0 bridgehead atoms. The molecule has 0 unspecified atom stereocenters. The van der Waals surface area contributed by atoms with Crippen LogP contribution in [0, 0.1) is 9.39 Å². The molecule has 0 fully saturated rings. The van der Waals surface area contributed by atoms with Crippen LogP contribution in [0.3, 0.4) is 0 Å². The van der Waals surface area contributed by atoms with Crippen LogP contribution in [0.25, 0.3) is 22.6 Å². The summed E-state index contributed by atoms with van der Waals surface area (Å²) in [6.45, 7) is 5.73. The van der Waals surface area contributed by atoms with Gasteiger partial charge in [-0.15, -0.1) is 5.10 Å². The highest BCUT2D eigenvalue weighted by atomic mass is 127. The number of allylic oxidation sites excluding steroid dienone is 1. The van der Waals surface area contributed by atoms with Gasteiger partial charge in [0.15, 0.2) is 0 Å². The quantitative estimate of drug-likeness (QED) is 0.616. The second-order valence-corrected chi connectivity index (χ2v) is 5.99. The van der Waals surface area contributed by atoms with Gasteiger partial charge in [0.25, 0.3) is 0 Å². The largest absolute Gasteiger partial charge is 0.239 e. The molecule has 2 aromatic heterocycles. The standard InChI is InChI=1S/C16H12FIN4/c1-10(2)14-7-8-15(20-19-14)16-13(18)9-22(21-16)12-5-3-11(17)4-6-12/h3-9H,1H2,2H3. The Morgan fingerprint density at radius 3 is 2.45 bits per heavy atom. The van der Waals surface area contributed by atoms with Crippen LogP contribution in [0.15, 0.2) is 49.2 Å². The molecule has 110 valence electrons. The lowest BCUT2D eigenvalue weighted by Gasteiger charge is -2.01. The number of nitrogens with zero attached hydrogens (tertiary/aromatic N) is 4. The van der Waals surface area contributed by atoms with E-state index in [9.17, 15) is 4.39 Å². The summed E-state index contributed by atoms with van der Waals surface area (Å²) in [6.07, 6.45) is 1.87. The molecule has 3 aromatic rings. The van der Waals surface area contributed by atoms with E-state index in [0.29, 0.717) is 5.69 Å². The van der Waals surface area contributed by atoms with Gasteiger partial charge in [-0.2, -0.15) is 10.2 Å². The van der Waals surface area contributed by atoms with E-state index in [0.717, 1.165) is 26.2 Å². The third-order valence-corrected chi connectivity index (χ3v) is 3.89. The summed E-state index contributed by atoms with van der Waals surface area (Å²) in [4.78, 5) is 0. The number of benzene rings is 1. The Kier molecular flexibility index (Phi) is 4.02. The zero-order chi connectivity index (χ0) is 15.7. The average molecular weight is 406 g/mol. The van der Waals surface area contributed by atoms with E-state index in [4.69, 9.17) is 0 Å². The predicted octanol–water partition coefficient (Wildman–Crippen LogP) is 4.11. The molecule has 3 rings (SSSR count). The molecule has 0 saturated carbocycles. The fourth-order valence-corrected chi connectivity index (χ4v) is 2.59. The summed E-state index contributed by atoms with van der Waals surface area (Å²) in [5, 5.41) is 12.9. The van der Waals surface area contributed by atoms with Crippen molar-refractivity contribution in [2.24, 2.45) is 0 Å². The van der Waals surface area contributed by atoms with Crippen molar-refractivity contribution in [2.75, 3.05) is 0 Å². The maximum Gasteiger partial charge on any atom is 0.126 e. The molecule has 0 atom stereocenters. The highest BCUT2D eigenvalue weighted by molar-refractivity contribution is 14.1. The van der Waals surface area contributed by atoms with Crippen LogP contribution in [-0.4, -0.2) is 20.0 Å². The van der Waals surface area contributed by atoms with Crippen LogP contribution in [0.2, 0.25) is 0 Å². The summed E-state index contributed by atoms with van der Waals surface area (Å²) >= 11 is 2.20. The molecular formula is C16H12FIN4. The number of hydrogen-bond donors (Lipinski definition) is 0. The Labute approximate surface area is 140 Å². The van der Waals surface area contributed by atoms with Gasteiger partial charge < -0.3 is 0 Å². The molecule has 0 N–H and O–H groups in total. The zero-order valence-electron chi connectivity index (χ0n) is 11.8. The fourth-order valence-electron chi connectivity index (χ4n) is 1.94. The van der Waals surface area contributed by atoms with Gasteiger partial charge in [-0.3, -0.25) is 0 Å². The Bertz CT molecular complexity index is 822. The summed E-state index contributed by atoms with van der Waals surface area (Å²) in [5.74, 6) is -0.271. The Hall–Kier alpha value is -2.09. The van der Waals surface area contributed by atoms with Gasteiger partial charge in [0, 0.05) is 6.20 Å². The summed E-state index contributed by atoms with van der Waals surface area (Å²) in [5.41, 5.74) is 3.85. The third-order valence-electron chi connectivity index (χ3n) is 3.11. The van der Waals surface area contributed by atoms with Crippen LogP contribution < -0.4 is 0 Å². The maximum absolute atomic E-state index is 13.0. The number of aromatic nitrogens is 4. The van der Waals surface area contributed by atoms with Gasteiger partial charge in [0.1, 0.15) is 17.2 Å². The van der Waals surface area contributed by atoms with Crippen molar-refractivity contribution in [1.29, 1.82) is 0 Å². The Morgan fingerprint density at radius 2 is 1.86 bits per heavy atom. The SMILES string of the molecule is C=C(C)c1ccc(-c2nn(-c3ccc(F)cc3)cc2I)nn1. The van der Waals surface area contributed by atoms with E-state index in [1.54, 1.807) is 16.8 Å². The third kappa shape index (κ3) is 2.92. The minimum atomic E-state index is -0.271. The number of halogens is 2. The second kappa shape index (κ2) is 5.96. The topological polar surface area (TPSA) is 43.6 Å². The lowest BCUT2D eigenvalue weighted by Crippen LogP contribution is -1.96. The van der Waals surface area contributed by atoms with Crippen molar-refractivity contribution in [3.8, 4) is 17.1 Å². The van der Waals surface area contributed by atoms with Crippen molar-refractivity contribution in [3.05, 3.63) is 64.3 Å². The minimum Gasteiger partial charge on any atom is -0.239 e. The van der Waals surface area contributed by atoms with Gasteiger partial charge in [-0.25, -0.2) is 9.07 Å². The van der Waals surface area contributed by atoms with Crippen molar-refractivity contribution >= 4 is 28.2 Å². The molecule has 4 nitrogen and oxygen atoms in total. The molecule has 0 radical (unpaired) electrons. The van der Waals surface area contributed by atoms with Gasteiger partial charge in [-0.05, 0) is 71.5 Å². The van der Waals surface area contributed by atoms with Crippen molar-refractivity contribution in [1.82, 2.24) is 20.0 Å². The van der Waals surface area contributed by atoms with Gasteiger partial charge in [0.2, 0.25) is 0 Å².